The maximum atomic E-state index is 13.8. The lowest BCUT2D eigenvalue weighted by Crippen LogP contribution is -2.33. The summed E-state index contributed by atoms with van der Waals surface area (Å²) in [6.07, 6.45) is 3.88. The summed E-state index contributed by atoms with van der Waals surface area (Å²) in [6, 6.07) is 24.5. The van der Waals surface area contributed by atoms with E-state index < -0.39 is 5.91 Å². The number of rotatable bonds is 7. The van der Waals surface area contributed by atoms with Crippen LogP contribution >= 0.6 is 24.0 Å². The monoisotopic (exact) mass is 594 g/mol. The number of aromatic nitrogens is 4. The standard InChI is InChI=1S/C31H26N6O3S2/c1-20-26(30(40)37(34(20)2)22-13-7-4-8-14-22)36-29(39)24(42-31(36)41)19-23-27(32-17-16-21-11-5-3-6-12-21)33-25-15-9-10-18-35(25)28(23)38/h3-15,18-19,32H,16-17H2,1-2H3/b24-19+. The van der Waals surface area contributed by atoms with E-state index in [1.807, 2.05) is 66.7 Å². The third-order valence-corrected chi connectivity index (χ3v) is 8.44. The van der Waals surface area contributed by atoms with Crippen LogP contribution < -0.4 is 21.3 Å². The van der Waals surface area contributed by atoms with Crippen LogP contribution in [0.5, 0.6) is 0 Å². The highest BCUT2D eigenvalue weighted by atomic mass is 32.2. The second kappa shape index (κ2) is 11.3. The molecule has 0 bridgehead atoms. The Morgan fingerprint density at radius 2 is 1.62 bits per heavy atom. The molecule has 9 nitrogen and oxygen atoms in total. The van der Waals surface area contributed by atoms with Gasteiger partial charge in [-0.1, -0.05) is 78.6 Å². The minimum Gasteiger partial charge on any atom is -0.369 e. The number of hydrogen-bond acceptors (Lipinski definition) is 7. The normalized spacial score (nSPS) is 14.3. The Morgan fingerprint density at radius 1 is 0.929 bits per heavy atom. The number of thioether (sulfide) groups is 1. The van der Waals surface area contributed by atoms with Crippen LogP contribution in [0.4, 0.5) is 11.5 Å². The van der Waals surface area contributed by atoms with Gasteiger partial charge in [0.15, 0.2) is 4.32 Å². The van der Waals surface area contributed by atoms with Gasteiger partial charge < -0.3 is 5.32 Å². The molecule has 1 N–H and O–H groups in total. The van der Waals surface area contributed by atoms with Gasteiger partial charge >= 0.3 is 0 Å². The summed E-state index contributed by atoms with van der Waals surface area (Å²) in [5.74, 6) is -0.0986. The summed E-state index contributed by atoms with van der Waals surface area (Å²) in [6.45, 7) is 2.30. The molecule has 42 heavy (non-hydrogen) atoms. The third kappa shape index (κ3) is 4.86. The lowest BCUT2D eigenvalue weighted by atomic mass is 10.1. The number of carbonyl (C=O) groups excluding carboxylic acids is 1. The van der Waals surface area contributed by atoms with E-state index in [-0.39, 0.29) is 31.6 Å². The molecule has 1 amide bonds. The lowest BCUT2D eigenvalue weighted by Gasteiger charge is -2.13. The minimum absolute atomic E-state index is 0.182. The van der Waals surface area contributed by atoms with E-state index in [1.165, 1.54) is 20.1 Å². The smallest absolute Gasteiger partial charge is 0.296 e. The van der Waals surface area contributed by atoms with Crippen molar-refractivity contribution in [1.29, 1.82) is 0 Å². The number of nitrogens with zero attached hydrogens (tertiary/aromatic N) is 5. The molecular formula is C31H26N6O3S2. The van der Waals surface area contributed by atoms with Gasteiger partial charge in [0, 0.05) is 19.8 Å². The number of thiocarbonyl (C=S) groups is 1. The maximum absolute atomic E-state index is 13.8. The second-order valence-corrected chi connectivity index (χ2v) is 11.4. The lowest BCUT2D eigenvalue weighted by molar-refractivity contribution is -0.113. The summed E-state index contributed by atoms with van der Waals surface area (Å²) in [4.78, 5) is 47.3. The fourth-order valence-corrected chi connectivity index (χ4v) is 6.19. The molecule has 5 aromatic rings. The van der Waals surface area contributed by atoms with Gasteiger partial charge in [0.1, 0.15) is 17.2 Å². The number of carbonyl (C=O) groups is 1. The summed E-state index contributed by atoms with van der Waals surface area (Å²) < 4.78 is 4.85. The largest absolute Gasteiger partial charge is 0.369 e. The molecule has 0 unspecified atom stereocenters. The highest BCUT2D eigenvalue weighted by Gasteiger charge is 2.38. The molecule has 1 fully saturated rings. The number of para-hydroxylation sites is 1. The molecule has 0 atom stereocenters. The predicted molar refractivity (Wildman–Crippen MR) is 171 cm³/mol. The Bertz CT molecular complexity index is 1990. The van der Waals surface area contributed by atoms with Crippen LogP contribution in [0.15, 0.2) is 99.6 Å². The van der Waals surface area contributed by atoms with Crippen molar-refractivity contribution in [3.8, 4) is 5.69 Å². The van der Waals surface area contributed by atoms with Gasteiger partial charge in [-0.2, -0.15) is 0 Å². The van der Waals surface area contributed by atoms with Gasteiger partial charge in [-0.15, -0.1) is 0 Å². The fraction of sp³-hybridized carbons (Fsp3) is 0.129. The van der Waals surface area contributed by atoms with E-state index in [9.17, 15) is 14.4 Å². The van der Waals surface area contributed by atoms with Crippen LogP contribution in [0.25, 0.3) is 17.4 Å². The summed E-state index contributed by atoms with van der Waals surface area (Å²) >= 11 is 6.65. The van der Waals surface area contributed by atoms with E-state index in [0.29, 0.717) is 29.4 Å². The van der Waals surface area contributed by atoms with E-state index >= 15 is 0 Å². The molecule has 1 saturated heterocycles. The Labute approximate surface area is 250 Å². The SMILES string of the molecule is Cc1c(N2C(=O)/C(=C\c3c(NCCc4ccccc4)nc4ccccn4c3=O)SC2=S)c(=O)n(-c2ccccc2)n1C. The molecule has 4 heterocycles. The highest BCUT2D eigenvalue weighted by Crippen LogP contribution is 2.36. The van der Waals surface area contributed by atoms with Gasteiger partial charge in [0.05, 0.1) is 21.8 Å². The minimum atomic E-state index is -0.469. The zero-order chi connectivity index (χ0) is 29.4. The van der Waals surface area contributed by atoms with Crippen molar-refractivity contribution in [2.24, 2.45) is 7.05 Å². The van der Waals surface area contributed by atoms with Crippen LogP contribution in [0.2, 0.25) is 0 Å². The van der Waals surface area contributed by atoms with Crippen LogP contribution in [-0.2, 0) is 18.3 Å². The van der Waals surface area contributed by atoms with Gasteiger partial charge in [-0.05, 0) is 49.2 Å². The number of amides is 1. The second-order valence-electron chi connectivity index (χ2n) is 9.70. The average Bonchev–Trinajstić information content (AvgIpc) is 3.40. The third-order valence-electron chi connectivity index (χ3n) is 7.13. The van der Waals surface area contributed by atoms with Crippen molar-refractivity contribution in [1.82, 2.24) is 18.7 Å². The molecule has 11 heteroatoms. The molecule has 0 saturated carbocycles. The van der Waals surface area contributed by atoms with E-state index in [4.69, 9.17) is 17.2 Å². The predicted octanol–water partition coefficient (Wildman–Crippen LogP) is 4.55. The quantitative estimate of drug-likeness (QED) is 0.218. The topological polar surface area (TPSA) is 93.6 Å². The van der Waals surface area contributed by atoms with Gasteiger partial charge in [-0.25, -0.2) is 9.67 Å². The Hall–Kier alpha value is -4.74. The Morgan fingerprint density at radius 3 is 2.36 bits per heavy atom. The number of pyridine rings is 1. The van der Waals surface area contributed by atoms with Gasteiger partial charge in [-0.3, -0.25) is 28.4 Å². The first-order chi connectivity index (χ1) is 20.3. The van der Waals surface area contributed by atoms with Crippen LogP contribution in [0.3, 0.4) is 0 Å². The maximum Gasteiger partial charge on any atom is 0.296 e. The van der Waals surface area contributed by atoms with Crippen LogP contribution in [0.1, 0.15) is 16.8 Å². The van der Waals surface area contributed by atoms with Crippen molar-refractivity contribution in [3.63, 3.8) is 0 Å². The van der Waals surface area contributed by atoms with Crippen molar-refractivity contribution in [3.05, 3.63) is 127 Å². The molecule has 3 aromatic heterocycles. The first-order valence-corrected chi connectivity index (χ1v) is 14.5. The molecule has 6 rings (SSSR count). The summed E-state index contributed by atoms with van der Waals surface area (Å²) in [5.41, 5.74) is 2.60. The molecule has 1 aliphatic heterocycles. The number of nitrogens with one attached hydrogen (secondary N) is 1. The van der Waals surface area contributed by atoms with Crippen molar-refractivity contribution >= 4 is 57.4 Å². The molecule has 2 aromatic carbocycles. The first kappa shape index (κ1) is 27.4. The molecule has 0 aliphatic carbocycles. The number of hydrogen-bond donors (Lipinski definition) is 1. The summed E-state index contributed by atoms with van der Waals surface area (Å²) in [7, 11) is 1.76. The summed E-state index contributed by atoms with van der Waals surface area (Å²) in [5, 5.41) is 3.29. The highest BCUT2D eigenvalue weighted by molar-refractivity contribution is 8.27. The molecule has 0 radical (unpaired) electrons. The number of anilines is 2. The van der Waals surface area contributed by atoms with E-state index in [2.05, 4.69) is 5.32 Å². The first-order valence-electron chi connectivity index (χ1n) is 13.3. The van der Waals surface area contributed by atoms with Crippen LogP contribution in [-0.4, -0.2) is 35.5 Å². The van der Waals surface area contributed by atoms with Crippen molar-refractivity contribution in [2.75, 3.05) is 16.8 Å². The van der Waals surface area contributed by atoms with Crippen molar-refractivity contribution in [2.45, 2.75) is 13.3 Å². The molecule has 210 valence electrons. The van der Waals surface area contributed by atoms with E-state index in [0.717, 1.165) is 23.7 Å². The number of fused-ring (bicyclic) bond motifs is 1. The van der Waals surface area contributed by atoms with Crippen LogP contribution in [0, 0.1) is 6.92 Å². The Kier molecular flexibility index (Phi) is 7.36. The molecule has 1 aliphatic rings. The molecule has 0 spiro atoms. The van der Waals surface area contributed by atoms with Gasteiger partial charge in [0.25, 0.3) is 17.0 Å². The zero-order valence-corrected chi connectivity index (χ0v) is 24.5. The molecular weight excluding hydrogens is 569 g/mol. The average molecular weight is 595 g/mol. The number of benzene rings is 2. The Balaban J connectivity index is 1.39. The van der Waals surface area contributed by atoms with Crippen molar-refractivity contribution < 1.29 is 4.79 Å². The van der Waals surface area contributed by atoms with E-state index in [1.54, 1.807) is 37.0 Å². The fourth-order valence-electron chi connectivity index (χ4n) is 4.94. The zero-order valence-electron chi connectivity index (χ0n) is 22.9. The van der Waals surface area contributed by atoms with Gasteiger partial charge in [0.2, 0.25) is 0 Å².